The van der Waals surface area contributed by atoms with E-state index in [0.717, 1.165) is 20.0 Å². The molecule has 2 N–H and O–H groups in total. The highest BCUT2D eigenvalue weighted by Gasteiger charge is 2.05. The minimum absolute atomic E-state index is 0.602. The molecule has 0 amide bonds. The van der Waals surface area contributed by atoms with Crippen LogP contribution < -0.4 is 10.5 Å². The van der Waals surface area contributed by atoms with E-state index in [4.69, 9.17) is 0 Å². The number of rotatable bonds is 6. The van der Waals surface area contributed by atoms with Crippen LogP contribution in [0.1, 0.15) is 27.7 Å². The summed E-state index contributed by atoms with van der Waals surface area (Å²) in [6.07, 6.45) is 0. The molecule has 2 nitrogen and oxygen atoms in total. The lowest BCUT2D eigenvalue weighted by Crippen LogP contribution is -2.44. The van der Waals surface area contributed by atoms with Gasteiger partial charge in [0.2, 0.25) is 0 Å². The Morgan fingerprint density at radius 1 is 1.25 bits per heavy atom. The second-order valence-electron chi connectivity index (χ2n) is 4.26. The zero-order valence-electron chi connectivity index (χ0n) is 9.15. The third kappa shape index (κ3) is 6.74. The Bertz CT molecular complexity index is 107. The Kier molecular flexibility index (Phi) is 6.58. The molecule has 0 radical (unpaired) electrons. The Labute approximate surface area is 78.6 Å². The molecule has 0 aromatic carbocycles. The van der Waals surface area contributed by atoms with E-state index in [1.165, 1.54) is 0 Å². The van der Waals surface area contributed by atoms with E-state index in [9.17, 15) is 0 Å². The van der Waals surface area contributed by atoms with Crippen LogP contribution in [-0.2, 0) is 0 Å². The van der Waals surface area contributed by atoms with Crippen LogP contribution >= 0.6 is 0 Å². The highest BCUT2D eigenvalue weighted by molar-refractivity contribution is 6.31. The summed E-state index contributed by atoms with van der Waals surface area (Å²) < 4.78 is 0. The van der Waals surface area contributed by atoms with Crippen molar-refractivity contribution in [3.8, 4) is 0 Å². The fourth-order valence-corrected chi connectivity index (χ4v) is 0.830. The van der Waals surface area contributed by atoms with Crippen LogP contribution in [0.2, 0.25) is 0 Å². The molecule has 0 saturated heterocycles. The van der Waals surface area contributed by atoms with Gasteiger partial charge in [-0.1, -0.05) is 27.7 Å². The second-order valence-corrected chi connectivity index (χ2v) is 4.26. The number of hydrogen-bond acceptors (Lipinski definition) is 2. The molecular weight excluding hydrogens is 146 g/mol. The molecule has 0 aromatic rings. The third-order valence-electron chi connectivity index (χ3n) is 2.10. The lowest BCUT2D eigenvalue weighted by molar-refractivity contribution is 0.571. The molecule has 12 heavy (non-hydrogen) atoms. The summed E-state index contributed by atoms with van der Waals surface area (Å²) in [6.45, 7) is 10.0. The van der Waals surface area contributed by atoms with Crippen LogP contribution in [0.4, 0.5) is 0 Å². The van der Waals surface area contributed by atoms with Crippen molar-refractivity contribution in [1.82, 2.24) is 10.5 Å². The maximum Gasteiger partial charge on any atom is 0.285 e. The normalized spacial score (nSPS) is 13.8. The van der Waals surface area contributed by atoms with Gasteiger partial charge in [0.1, 0.15) is 7.85 Å². The van der Waals surface area contributed by atoms with Crippen molar-refractivity contribution in [2.45, 2.75) is 33.6 Å². The van der Waals surface area contributed by atoms with Crippen molar-refractivity contribution in [1.29, 1.82) is 0 Å². The van der Waals surface area contributed by atoms with E-state index >= 15 is 0 Å². The topological polar surface area (TPSA) is 24.1 Å². The van der Waals surface area contributed by atoms with Gasteiger partial charge in [-0.15, -0.1) is 0 Å². The van der Waals surface area contributed by atoms with Crippen LogP contribution in [0.25, 0.3) is 0 Å². The minimum Gasteiger partial charge on any atom is -0.349 e. The molecule has 0 heterocycles. The minimum atomic E-state index is 0.602. The van der Waals surface area contributed by atoms with Crippen molar-refractivity contribution in [2.24, 2.45) is 11.8 Å². The van der Waals surface area contributed by atoms with Crippen LogP contribution in [0.5, 0.6) is 0 Å². The van der Waals surface area contributed by atoms with Gasteiger partial charge in [-0.2, -0.15) is 0 Å². The number of hydrogen-bond donors (Lipinski definition) is 2. The van der Waals surface area contributed by atoms with Gasteiger partial charge in [0.05, 0.1) is 0 Å². The molecule has 0 rings (SSSR count). The van der Waals surface area contributed by atoms with Crippen molar-refractivity contribution in [2.75, 3.05) is 6.54 Å². The molecule has 70 valence electrons. The summed E-state index contributed by atoms with van der Waals surface area (Å²) in [7, 11) is 3.15. The Morgan fingerprint density at radius 3 is 2.25 bits per heavy atom. The monoisotopic (exact) mass is 168 g/mol. The smallest absolute Gasteiger partial charge is 0.285 e. The highest BCUT2D eigenvalue weighted by Crippen LogP contribution is 1.94. The lowest BCUT2D eigenvalue weighted by atomic mass is 9.83. The first-order valence-corrected chi connectivity index (χ1v) is 4.98. The van der Waals surface area contributed by atoms with E-state index in [0.29, 0.717) is 11.9 Å². The van der Waals surface area contributed by atoms with E-state index in [2.05, 4.69) is 46.0 Å². The predicted octanol–water partition coefficient (Wildman–Crippen LogP) is -0.297. The third-order valence-corrected chi connectivity index (χ3v) is 2.10. The number of nitrogens with one attached hydrogen (secondary N) is 2. The van der Waals surface area contributed by atoms with Crippen molar-refractivity contribution < 1.29 is 0 Å². The van der Waals surface area contributed by atoms with Gasteiger partial charge in [0.15, 0.2) is 0 Å². The molecule has 0 fully saturated rings. The fourth-order valence-electron chi connectivity index (χ4n) is 0.830. The first-order chi connectivity index (χ1) is 5.54. The standard InChI is InChI=1S/C8H22B2N2/c1-6(2)5-11-10-12-8(9)7(3)4/h6-8,10-12H,5,9H2,1-4H3. The van der Waals surface area contributed by atoms with Crippen molar-refractivity contribution in [3.05, 3.63) is 0 Å². The highest BCUT2D eigenvalue weighted by atomic mass is 14.9. The van der Waals surface area contributed by atoms with Crippen LogP contribution in [-0.4, -0.2) is 27.9 Å². The quantitative estimate of drug-likeness (QED) is 0.420. The molecule has 0 saturated carbocycles. The van der Waals surface area contributed by atoms with Gasteiger partial charge in [0, 0.05) is 0 Å². The van der Waals surface area contributed by atoms with E-state index in [1.54, 1.807) is 0 Å². The zero-order valence-corrected chi connectivity index (χ0v) is 9.15. The van der Waals surface area contributed by atoms with Gasteiger partial charge in [-0.25, -0.2) is 0 Å². The summed E-state index contributed by atoms with van der Waals surface area (Å²) in [4.78, 5) is 0. The molecule has 0 aliphatic carbocycles. The molecule has 0 bridgehead atoms. The summed E-state index contributed by atoms with van der Waals surface area (Å²) in [6, 6.07) is 0. The van der Waals surface area contributed by atoms with Crippen molar-refractivity contribution >= 4 is 15.4 Å². The first kappa shape index (κ1) is 12.0. The average molecular weight is 168 g/mol. The SMILES string of the molecule is BC(NBNCC(C)C)C(C)C. The van der Waals surface area contributed by atoms with Gasteiger partial charge in [0.25, 0.3) is 7.55 Å². The molecule has 4 heteroatoms. The van der Waals surface area contributed by atoms with Gasteiger partial charge < -0.3 is 10.5 Å². The molecular formula is C8H22B2N2. The molecule has 1 atom stereocenters. The molecule has 0 aromatic heterocycles. The maximum atomic E-state index is 3.43. The van der Waals surface area contributed by atoms with E-state index < -0.39 is 0 Å². The molecule has 0 spiro atoms. The van der Waals surface area contributed by atoms with Crippen LogP contribution in [0.3, 0.4) is 0 Å². The summed E-state index contributed by atoms with van der Waals surface area (Å²) >= 11 is 0. The predicted molar refractivity (Wildman–Crippen MR) is 60.3 cm³/mol. The first-order valence-electron chi connectivity index (χ1n) is 4.98. The fraction of sp³-hybridized carbons (Fsp3) is 1.00. The largest absolute Gasteiger partial charge is 0.349 e. The summed E-state index contributed by atoms with van der Waals surface area (Å²) in [5, 5.41) is 6.79. The molecule has 0 aliphatic rings. The molecule has 0 aliphatic heterocycles. The Morgan fingerprint density at radius 2 is 1.83 bits per heavy atom. The van der Waals surface area contributed by atoms with Crippen molar-refractivity contribution in [3.63, 3.8) is 0 Å². The molecule has 1 unspecified atom stereocenters. The summed E-state index contributed by atoms with van der Waals surface area (Å²) in [5.74, 6) is 2.05. The Hall–Kier alpha value is 0.0499. The Balaban J connectivity index is 3.20. The van der Waals surface area contributed by atoms with Crippen LogP contribution in [0, 0.1) is 11.8 Å². The van der Waals surface area contributed by atoms with Gasteiger partial charge in [-0.05, 0) is 24.3 Å². The average Bonchev–Trinajstić information content (AvgIpc) is 1.97. The van der Waals surface area contributed by atoms with Gasteiger partial charge >= 0.3 is 0 Å². The van der Waals surface area contributed by atoms with E-state index in [1.807, 2.05) is 0 Å². The van der Waals surface area contributed by atoms with Crippen LogP contribution in [0.15, 0.2) is 0 Å². The second kappa shape index (κ2) is 6.55. The van der Waals surface area contributed by atoms with Gasteiger partial charge in [-0.3, -0.25) is 0 Å². The summed E-state index contributed by atoms with van der Waals surface area (Å²) in [5.41, 5.74) is 0. The maximum absolute atomic E-state index is 3.43. The lowest BCUT2D eigenvalue weighted by Gasteiger charge is -2.17. The zero-order chi connectivity index (χ0) is 9.56. The van der Waals surface area contributed by atoms with E-state index in [-0.39, 0.29) is 0 Å².